The van der Waals surface area contributed by atoms with Gasteiger partial charge in [0, 0.05) is 12.3 Å². The van der Waals surface area contributed by atoms with Gasteiger partial charge >= 0.3 is 0 Å². The first-order valence-electron chi connectivity index (χ1n) is 5.90. The number of nitrogen functional groups attached to an aromatic ring is 1. The summed E-state index contributed by atoms with van der Waals surface area (Å²) < 4.78 is 27.8. The number of anilines is 2. The lowest BCUT2D eigenvalue weighted by Gasteiger charge is -2.17. The molecule has 1 rings (SSSR count). The van der Waals surface area contributed by atoms with Crippen LogP contribution in [0.5, 0.6) is 5.88 Å². The van der Waals surface area contributed by atoms with Crippen LogP contribution in [0.3, 0.4) is 0 Å². The van der Waals surface area contributed by atoms with Crippen LogP contribution in [0.25, 0.3) is 0 Å². The summed E-state index contributed by atoms with van der Waals surface area (Å²) in [6, 6.07) is -0.306. The Bertz CT molecular complexity index is 531. The fourth-order valence-electron chi connectivity index (χ4n) is 1.54. The van der Waals surface area contributed by atoms with Gasteiger partial charge in [0.05, 0.1) is 11.9 Å². The minimum Gasteiger partial charge on any atom is -0.473 e. The summed E-state index contributed by atoms with van der Waals surface area (Å²) in [4.78, 5) is 7.94. The zero-order chi connectivity index (χ0) is 14.6. The predicted molar refractivity (Wildman–Crippen MR) is 75.0 cm³/mol. The highest BCUT2D eigenvalue weighted by atomic mass is 32.2. The molecule has 0 saturated carbocycles. The maximum atomic E-state index is 11.2. The molecule has 1 aromatic rings. The van der Waals surface area contributed by atoms with Gasteiger partial charge in [0.25, 0.3) is 0 Å². The molecule has 0 aromatic carbocycles. The SMILES string of the molecule is CC(CS(C)(=O)=O)Nc1ncnc(OC(C)C)c1N. The van der Waals surface area contributed by atoms with E-state index in [2.05, 4.69) is 15.3 Å². The lowest BCUT2D eigenvalue weighted by Crippen LogP contribution is -2.26. The minimum atomic E-state index is -3.06. The molecule has 1 aromatic heterocycles. The molecule has 1 unspecified atom stereocenters. The molecule has 108 valence electrons. The summed E-state index contributed by atoms with van der Waals surface area (Å²) in [5.41, 5.74) is 6.16. The first-order chi connectivity index (χ1) is 8.69. The summed E-state index contributed by atoms with van der Waals surface area (Å²) in [6.07, 6.45) is 2.45. The van der Waals surface area contributed by atoms with E-state index in [0.29, 0.717) is 11.7 Å². The number of aromatic nitrogens is 2. The minimum absolute atomic E-state index is 0.00316. The van der Waals surface area contributed by atoms with Crippen LogP contribution in [0, 0.1) is 0 Å². The van der Waals surface area contributed by atoms with Crippen LogP contribution < -0.4 is 15.8 Å². The Morgan fingerprint density at radius 2 is 2.00 bits per heavy atom. The van der Waals surface area contributed by atoms with Gasteiger partial charge in [-0.25, -0.2) is 13.4 Å². The van der Waals surface area contributed by atoms with Crippen molar-refractivity contribution in [1.82, 2.24) is 9.97 Å². The Balaban J connectivity index is 2.84. The number of hydrogen-bond donors (Lipinski definition) is 2. The van der Waals surface area contributed by atoms with Gasteiger partial charge < -0.3 is 15.8 Å². The molecule has 19 heavy (non-hydrogen) atoms. The molecule has 1 atom stereocenters. The van der Waals surface area contributed by atoms with Gasteiger partial charge in [-0.05, 0) is 20.8 Å². The van der Waals surface area contributed by atoms with Crippen molar-refractivity contribution in [3.8, 4) is 5.88 Å². The van der Waals surface area contributed by atoms with Gasteiger partial charge in [-0.15, -0.1) is 0 Å². The molecular formula is C11H20N4O3S. The van der Waals surface area contributed by atoms with Crippen molar-refractivity contribution in [2.45, 2.75) is 32.9 Å². The molecule has 0 fully saturated rings. The van der Waals surface area contributed by atoms with Crippen LogP contribution in [0.15, 0.2) is 6.33 Å². The maximum absolute atomic E-state index is 11.2. The Hall–Kier alpha value is -1.57. The quantitative estimate of drug-likeness (QED) is 0.793. The van der Waals surface area contributed by atoms with Crippen LogP contribution in [0.4, 0.5) is 11.5 Å². The average molecular weight is 288 g/mol. The van der Waals surface area contributed by atoms with E-state index in [-0.39, 0.29) is 23.6 Å². The van der Waals surface area contributed by atoms with Crippen molar-refractivity contribution in [3.05, 3.63) is 6.33 Å². The van der Waals surface area contributed by atoms with Crippen LogP contribution in [0.1, 0.15) is 20.8 Å². The van der Waals surface area contributed by atoms with E-state index >= 15 is 0 Å². The standard InChI is InChI=1S/C11H20N4O3S/c1-7(2)18-11-9(12)10(13-6-14-11)15-8(3)5-19(4,16)17/h6-8H,5,12H2,1-4H3,(H,13,14,15). The number of sulfone groups is 1. The first kappa shape index (κ1) is 15.5. The molecule has 0 radical (unpaired) electrons. The summed E-state index contributed by atoms with van der Waals surface area (Å²) in [6.45, 7) is 5.47. The highest BCUT2D eigenvalue weighted by molar-refractivity contribution is 7.90. The van der Waals surface area contributed by atoms with Crippen molar-refractivity contribution < 1.29 is 13.2 Å². The average Bonchev–Trinajstić information content (AvgIpc) is 2.20. The second-order valence-corrected chi connectivity index (χ2v) is 6.93. The highest BCUT2D eigenvalue weighted by Gasteiger charge is 2.15. The van der Waals surface area contributed by atoms with Crippen molar-refractivity contribution in [1.29, 1.82) is 0 Å². The molecule has 0 aliphatic heterocycles. The van der Waals surface area contributed by atoms with E-state index in [0.717, 1.165) is 0 Å². The smallest absolute Gasteiger partial charge is 0.242 e. The summed E-state index contributed by atoms with van der Waals surface area (Å²) in [5.74, 6) is 0.664. The van der Waals surface area contributed by atoms with Crippen LogP contribution in [0.2, 0.25) is 0 Å². The lowest BCUT2D eigenvalue weighted by molar-refractivity contribution is 0.234. The molecule has 3 N–H and O–H groups in total. The number of ether oxygens (including phenoxy) is 1. The molecule has 7 nitrogen and oxygen atoms in total. The zero-order valence-corrected chi connectivity index (χ0v) is 12.4. The monoisotopic (exact) mass is 288 g/mol. The fourth-order valence-corrected chi connectivity index (χ4v) is 2.53. The van der Waals surface area contributed by atoms with Crippen molar-refractivity contribution in [2.75, 3.05) is 23.1 Å². The number of rotatable bonds is 6. The predicted octanol–water partition coefficient (Wildman–Crippen LogP) is 0.691. The van der Waals surface area contributed by atoms with Crippen LogP contribution in [-0.2, 0) is 9.84 Å². The van der Waals surface area contributed by atoms with Gasteiger partial charge in [-0.1, -0.05) is 0 Å². The molecule has 0 spiro atoms. The molecule has 1 heterocycles. The second kappa shape index (κ2) is 6.05. The van der Waals surface area contributed by atoms with Gasteiger partial charge in [0.2, 0.25) is 5.88 Å². The molecule has 0 amide bonds. The normalized spacial score (nSPS) is 13.3. The van der Waals surface area contributed by atoms with Gasteiger partial charge in [-0.2, -0.15) is 4.98 Å². The third kappa shape index (κ3) is 5.29. The number of nitrogens with zero attached hydrogens (tertiary/aromatic N) is 2. The van der Waals surface area contributed by atoms with E-state index in [9.17, 15) is 8.42 Å². The molecule has 0 aliphatic carbocycles. The van der Waals surface area contributed by atoms with E-state index < -0.39 is 9.84 Å². The van der Waals surface area contributed by atoms with E-state index in [1.54, 1.807) is 6.92 Å². The van der Waals surface area contributed by atoms with E-state index in [1.807, 2.05) is 13.8 Å². The second-order valence-electron chi connectivity index (χ2n) is 4.75. The van der Waals surface area contributed by atoms with Gasteiger partial charge in [0.1, 0.15) is 21.9 Å². The summed E-state index contributed by atoms with van der Waals surface area (Å²) in [7, 11) is -3.06. The number of nitrogens with two attached hydrogens (primary N) is 1. The molecule has 0 aliphatic rings. The van der Waals surface area contributed by atoms with Gasteiger partial charge in [-0.3, -0.25) is 0 Å². The molecule has 8 heteroatoms. The van der Waals surface area contributed by atoms with E-state index in [1.165, 1.54) is 12.6 Å². The largest absolute Gasteiger partial charge is 0.473 e. The third-order valence-corrected chi connectivity index (χ3v) is 3.24. The Morgan fingerprint density at radius 1 is 1.37 bits per heavy atom. The Kier molecular flexibility index (Phi) is 4.93. The number of hydrogen-bond acceptors (Lipinski definition) is 7. The molecular weight excluding hydrogens is 268 g/mol. The van der Waals surface area contributed by atoms with Crippen molar-refractivity contribution in [3.63, 3.8) is 0 Å². The number of nitrogens with one attached hydrogen (secondary N) is 1. The lowest BCUT2D eigenvalue weighted by atomic mass is 10.3. The fraction of sp³-hybridized carbons (Fsp3) is 0.636. The van der Waals surface area contributed by atoms with E-state index in [4.69, 9.17) is 10.5 Å². The highest BCUT2D eigenvalue weighted by Crippen LogP contribution is 2.25. The molecule has 0 bridgehead atoms. The Morgan fingerprint density at radius 3 is 2.53 bits per heavy atom. The zero-order valence-electron chi connectivity index (χ0n) is 11.5. The van der Waals surface area contributed by atoms with Crippen molar-refractivity contribution >= 4 is 21.3 Å². The first-order valence-corrected chi connectivity index (χ1v) is 7.96. The Labute approximate surface area is 113 Å². The molecule has 0 saturated heterocycles. The third-order valence-electron chi connectivity index (χ3n) is 2.13. The van der Waals surface area contributed by atoms with Crippen molar-refractivity contribution in [2.24, 2.45) is 0 Å². The van der Waals surface area contributed by atoms with Crippen LogP contribution in [-0.4, -0.2) is 42.5 Å². The van der Waals surface area contributed by atoms with Crippen LogP contribution >= 0.6 is 0 Å². The van der Waals surface area contributed by atoms with Gasteiger partial charge in [0.15, 0.2) is 5.82 Å². The maximum Gasteiger partial charge on any atom is 0.242 e. The topological polar surface area (TPSA) is 107 Å². The summed E-state index contributed by atoms with van der Waals surface area (Å²) >= 11 is 0. The summed E-state index contributed by atoms with van der Waals surface area (Å²) in [5, 5.41) is 2.95.